The van der Waals surface area contributed by atoms with Crippen LogP contribution in [0.25, 0.3) is 0 Å². The summed E-state index contributed by atoms with van der Waals surface area (Å²) in [5.41, 5.74) is 2.71. The molecular weight excluding hydrogens is 324 g/mol. The van der Waals surface area contributed by atoms with Crippen LogP contribution in [-0.2, 0) is 19.4 Å². The number of carbonyl (C=O) groups is 1. The van der Waals surface area contributed by atoms with Gasteiger partial charge in [0.2, 0.25) is 0 Å². The van der Waals surface area contributed by atoms with E-state index in [-0.39, 0.29) is 17.5 Å². The molecule has 2 aliphatic carbocycles. The topological polar surface area (TPSA) is 51.1 Å². The van der Waals surface area contributed by atoms with Crippen LogP contribution in [-0.4, -0.2) is 16.5 Å². The molecule has 2 aliphatic rings. The number of pyridine rings is 1. The molecule has 0 radical (unpaired) electrons. The van der Waals surface area contributed by atoms with Gasteiger partial charge in [-0.2, -0.15) is 0 Å². The highest BCUT2D eigenvalue weighted by Crippen LogP contribution is 2.27. The summed E-state index contributed by atoms with van der Waals surface area (Å²) in [6.07, 6.45) is 13.0. The molecule has 0 atom stereocenters. The van der Waals surface area contributed by atoms with Crippen molar-refractivity contribution >= 4 is 5.91 Å². The Morgan fingerprint density at radius 3 is 2.42 bits per heavy atom. The first kappa shape index (κ1) is 19.2. The van der Waals surface area contributed by atoms with Crippen molar-refractivity contribution in [2.45, 2.75) is 97.1 Å². The highest BCUT2D eigenvalue weighted by atomic mass is 16.2. The Morgan fingerprint density at radius 1 is 1.08 bits per heavy atom. The fraction of sp³-hybridized carbons (Fsp3) is 0.727. The summed E-state index contributed by atoms with van der Waals surface area (Å²) in [5, 5.41) is 2.91. The molecule has 4 nitrogen and oxygen atoms in total. The van der Waals surface area contributed by atoms with Gasteiger partial charge in [0, 0.05) is 18.3 Å². The van der Waals surface area contributed by atoms with E-state index in [2.05, 4.69) is 5.32 Å². The van der Waals surface area contributed by atoms with Crippen LogP contribution in [0.2, 0.25) is 0 Å². The summed E-state index contributed by atoms with van der Waals surface area (Å²) in [4.78, 5) is 25.9. The number of fused-ring (bicyclic) bond motifs is 1. The molecule has 0 aliphatic heterocycles. The largest absolute Gasteiger partial charge is 0.350 e. The molecule has 1 saturated carbocycles. The van der Waals surface area contributed by atoms with E-state index in [0.29, 0.717) is 11.5 Å². The molecule has 1 heterocycles. The first-order chi connectivity index (χ1) is 12.6. The summed E-state index contributed by atoms with van der Waals surface area (Å²) in [5.74, 6) is 0.367. The van der Waals surface area contributed by atoms with Gasteiger partial charge in [0.05, 0.1) is 0 Å². The fourth-order valence-electron chi connectivity index (χ4n) is 4.56. The lowest BCUT2D eigenvalue weighted by molar-refractivity contribution is 0.0940. The van der Waals surface area contributed by atoms with Crippen molar-refractivity contribution in [3.63, 3.8) is 0 Å². The predicted molar refractivity (Wildman–Crippen MR) is 106 cm³/mol. The van der Waals surface area contributed by atoms with Crippen LogP contribution in [0.3, 0.4) is 0 Å². The van der Waals surface area contributed by atoms with Crippen LogP contribution in [0.15, 0.2) is 10.9 Å². The van der Waals surface area contributed by atoms with Gasteiger partial charge in [0.1, 0.15) is 5.56 Å². The molecule has 0 unspecified atom stereocenters. The van der Waals surface area contributed by atoms with E-state index in [1.165, 1.54) is 56.2 Å². The smallest absolute Gasteiger partial charge is 0.263 e. The molecule has 26 heavy (non-hydrogen) atoms. The van der Waals surface area contributed by atoms with Crippen LogP contribution in [0.1, 0.15) is 93.3 Å². The third kappa shape index (κ3) is 4.57. The first-order valence-electron chi connectivity index (χ1n) is 10.6. The zero-order valence-electron chi connectivity index (χ0n) is 16.5. The lowest BCUT2D eigenvalue weighted by Crippen LogP contribution is -2.39. The molecule has 1 N–H and O–H groups in total. The Hall–Kier alpha value is -1.58. The van der Waals surface area contributed by atoms with Gasteiger partial charge in [-0.3, -0.25) is 9.59 Å². The average molecular weight is 359 g/mol. The Morgan fingerprint density at radius 2 is 1.73 bits per heavy atom. The molecule has 4 heteroatoms. The summed E-state index contributed by atoms with van der Waals surface area (Å²) in [6.45, 7) is 4.67. The Kier molecular flexibility index (Phi) is 6.55. The Bertz CT molecular complexity index is 684. The van der Waals surface area contributed by atoms with Crippen LogP contribution in [0.5, 0.6) is 0 Å². The minimum atomic E-state index is -0.216. The average Bonchev–Trinajstić information content (AvgIpc) is 2.58. The number of hydrogen-bond acceptors (Lipinski definition) is 2. The SMILES string of the molecule is CC(C)NC(=O)c1cc2c(n(CC3CCCCC3)c1=O)CCCCCC2. The summed E-state index contributed by atoms with van der Waals surface area (Å²) < 4.78 is 1.99. The van der Waals surface area contributed by atoms with E-state index in [4.69, 9.17) is 0 Å². The van der Waals surface area contributed by atoms with E-state index in [0.717, 1.165) is 32.2 Å². The number of hydrogen-bond donors (Lipinski definition) is 1. The minimum Gasteiger partial charge on any atom is -0.350 e. The van der Waals surface area contributed by atoms with Crippen LogP contribution >= 0.6 is 0 Å². The zero-order valence-corrected chi connectivity index (χ0v) is 16.5. The molecule has 0 spiro atoms. The van der Waals surface area contributed by atoms with E-state index in [9.17, 15) is 9.59 Å². The number of aromatic nitrogens is 1. The van der Waals surface area contributed by atoms with Crippen molar-refractivity contribution in [3.8, 4) is 0 Å². The van der Waals surface area contributed by atoms with Gasteiger partial charge in [-0.05, 0) is 69.9 Å². The van der Waals surface area contributed by atoms with E-state index < -0.39 is 0 Å². The zero-order chi connectivity index (χ0) is 18.5. The molecule has 1 amide bonds. The van der Waals surface area contributed by atoms with Crippen LogP contribution in [0.4, 0.5) is 0 Å². The van der Waals surface area contributed by atoms with Crippen molar-refractivity contribution in [2.24, 2.45) is 5.92 Å². The Labute approximate surface area is 157 Å². The number of nitrogens with zero attached hydrogens (tertiary/aromatic N) is 1. The van der Waals surface area contributed by atoms with Crippen LogP contribution in [0, 0.1) is 5.92 Å². The van der Waals surface area contributed by atoms with Gasteiger partial charge in [-0.25, -0.2) is 0 Å². The second-order valence-corrected chi connectivity index (χ2v) is 8.49. The van der Waals surface area contributed by atoms with Crippen molar-refractivity contribution in [3.05, 3.63) is 33.2 Å². The number of aryl methyl sites for hydroxylation is 1. The number of carbonyl (C=O) groups excluding carboxylic acids is 1. The maximum atomic E-state index is 13.2. The van der Waals surface area contributed by atoms with Gasteiger partial charge in [0.15, 0.2) is 0 Å². The van der Waals surface area contributed by atoms with Gasteiger partial charge >= 0.3 is 0 Å². The normalized spacial score (nSPS) is 18.9. The molecule has 3 rings (SSSR count). The molecule has 0 saturated heterocycles. The minimum absolute atomic E-state index is 0.0377. The van der Waals surface area contributed by atoms with Gasteiger partial charge < -0.3 is 9.88 Å². The summed E-state index contributed by atoms with van der Waals surface area (Å²) in [7, 11) is 0. The highest BCUT2D eigenvalue weighted by Gasteiger charge is 2.23. The van der Waals surface area contributed by atoms with Crippen molar-refractivity contribution in [1.82, 2.24) is 9.88 Å². The predicted octanol–water partition coefficient (Wildman–Crippen LogP) is 4.23. The monoisotopic (exact) mass is 358 g/mol. The summed E-state index contributed by atoms with van der Waals surface area (Å²) in [6, 6.07) is 1.94. The number of amides is 1. The van der Waals surface area contributed by atoms with Crippen molar-refractivity contribution in [2.75, 3.05) is 0 Å². The quantitative estimate of drug-likeness (QED) is 0.876. The second-order valence-electron chi connectivity index (χ2n) is 8.49. The molecule has 1 aromatic rings. The molecule has 1 fully saturated rings. The van der Waals surface area contributed by atoms with Gasteiger partial charge in [0.25, 0.3) is 11.5 Å². The lowest BCUT2D eigenvalue weighted by atomic mass is 9.88. The van der Waals surface area contributed by atoms with E-state index >= 15 is 0 Å². The Balaban J connectivity index is 2.00. The maximum absolute atomic E-state index is 13.2. The summed E-state index contributed by atoms with van der Waals surface area (Å²) >= 11 is 0. The molecule has 144 valence electrons. The van der Waals surface area contributed by atoms with Gasteiger partial charge in [-0.15, -0.1) is 0 Å². The fourth-order valence-corrected chi connectivity index (χ4v) is 4.56. The molecule has 0 aromatic carbocycles. The van der Waals surface area contributed by atoms with Crippen molar-refractivity contribution < 1.29 is 4.79 Å². The first-order valence-corrected chi connectivity index (χ1v) is 10.6. The van der Waals surface area contributed by atoms with E-state index in [1.54, 1.807) is 0 Å². The molecular formula is C22H34N2O2. The highest BCUT2D eigenvalue weighted by molar-refractivity contribution is 5.94. The lowest BCUT2D eigenvalue weighted by Gasteiger charge is -2.26. The second kappa shape index (κ2) is 8.88. The molecule has 1 aromatic heterocycles. The third-order valence-electron chi connectivity index (χ3n) is 5.93. The van der Waals surface area contributed by atoms with Crippen molar-refractivity contribution in [1.29, 1.82) is 0 Å². The maximum Gasteiger partial charge on any atom is 0.263 e. The standard InChI is InChI=1S/C22H34N2O2/c1-16(2)23-21(25)19-14-18-12-8-3-4-9-13-20(18)24(22(19)26)15-17-10-6-5-7-11-17/h14,16-17H,3-13,15H2,1-2H3,(H,23,25). The number of nitrogens with one attached hydrogen (secondary N) is 1. The third-order valence-corrected chi connectivity index (χ3v) is 5.93. The van der Waals surface area contributed by atoms with Gasteiger partial charge in [-0.1, -0.05) is 32.1 Å². The van der Waals surface area contributed by atoms with E-state index in [1.807, 2.05) is 24.5 Å². The van der Waals surface area contributed by atoms with Crippen LogP contribution < -0.4 is 10.9 Å². The molecule has 0 bridgehead atoms. The number of rotatable bonds is 4.